The van der Waals surface area contributed by atoms with E-state index in [9.17, 15) is 8.42 Å². The molecule has 0 saturated carbocycles. The average Bonchev–Trinajstić information content (AvgIpc) is 2.88. The van der Waals surface area contributed by atoms with Crippen LogP contribution in [0.1, 0.15) is 47.5 Å². The average molecular weight is 287 g/mol. The number of fused-ring (bicyclic) bond motifs is 1. The zero-order valence-electron chi connectivity index (χ0n) is 10.8. The highest BCUT2D eigenvalue weighted by Crippen LogP contribution is 2.34. The van der Waals surface area contributed by atoms with Gasteiger partial charge in [0.2, 0.25) is 0 Å². The molecule has 0 spiro atoms. The first-order chi connectivity index (χ1) is 8.52. The molecule has 1 atom stereocenters. The van der Waals surface area contributed by atoms with Crippen LogP contribution < -0.4 is 5.73 Å². The molecule has 3 nitrogen and oxygen atoms in total. The van der Waals surface area contributed by atoms with E-state index in [1.165, 1.54) is 34.6 Å². The van der Waals surface area contributed by atoms with Crippen LogP contribution in [-0.2, 0) is 22.7 Å². The predicted octanol–water partition coefficient (Wildman–Crippen LogP) is 2.45. The Hall–Kier alpha value is -0.390. The van der Waals surface area contributed by atoms with Gasteiger partial charge in [-0.25, -0.2) is 8.42 Å². The van der Waals surface area contributed by atoms with Gasteiger partial charge in [0, 0.05) is 21.5 Å². The molecule has 0 amide bonds. The highest BCUT2D eigenvalue weighted by atomic mass is 32.2. The van der Waals surface area contributed by atoms with Gasteiger partial charge in [0.05, 0.1) is 5.75 Å². The molecule has 102 valence electrons. The van der Waals surface area contributed by atoms with E-state index in [1.807, 2.05) is 11.3 Å². The molecule has 1 aromatic heterocycles. The minimum absolute atomic E-state index is 0.00709. The van der Waals surface area contributed by atoms with E-state index >= 15 is 0 Å². The van der Waals surface area contributed by atoms with Crippen LogP contribution in [0.2, 0.25) is 0 Å². The Bertz CT molecular complexity index is 484. The molecule has 0 aliphatic heterocycles. The minimum Gasteiger partial charge on any atom is -0.323 e. The third-order valence-electron chi connectivity index (χ3n) is 3.54. The molecule has 0 aromatic carbocycles. The van der Waals surface area contributed by atoms with Crippen molar-refractivity contribution in [2.75, 3.05) is 11.5 Å². The van der Waals surface area contributed by atoms with Crippen molar-refractivity contribution in [3.63, 3.8) is 0 Å². The van der Waals surface area contributed by atoms with Gasteiger partial charge in [0.1, 0.15) is 9.84 Å². The van der Waals surface area contributed by atoms with Crippen molar-refractivity contribution in [3.8, 4) is 0 Å². The summed E-state index contributed by atoms with van der Waals surface area (Å²) in [5, 5.41) is 0. The van der Waals surface area contributed by atoms with Crippen molar-refractivity contribution in [1.82, 2.24) is 0 Å². The molecule has 1 unspecified atom stereocenters. The van der Waals surface area contributed by atoms with Gasteiger partial charge in [0.25, 0.3) is 0 Å². The molecule has 0 radical (unpaired) electrons. The van der Waals surface area contributed by atoms with Gasteiger partial charge in [0.15, 0.2) is 0 Å². The van der Waals surface area contributed by atoms with Crippen LogP contribution in [0.4, 0.5) is 0 Å². The lowest BCUT2D eigenvalue weighted by Gasteiger charge is -2.09. The van der Waals surface area contributed by atoms with Crippen molar-refractivity contribution < 1.29 is 8.42 Å². The first-order valence-electron chi connectivity index (χ1n) is 6.59. The van der Waals surface area contributed by atoms with Gasteiger partial charge in [-0.2, -0.15) is 0 Å². The Labute approximate surface area is 113 Å². The standard InChI is InChI=1S/C13H21NO2S2/c1-2-18(15,16)8-4-6-11(14)13-9-10-5-3-7-12(10)17-13/h9,11H,2-8,14H2,1H3. The third kappa shape index (κ3) is 3.33. The molecule has 2 rings (SSSR count). The molecule has 1 heterocycles. The van der Waals surface area contributed by atoms with Gasteiger partial charge in [-0.1, -0.05) is 6.92 Å². The first kappa shape index (κ1) is 14.0. The Morgan fingerprint density at radius 2 is 2.22 bits per heavy atom. The summed E-state index contributed by atoms with van der Waals surface area (Å²) in [6.45, 7) is 1.69. The van der Waals surface area contributed by atoms with E-state index in [4.69, 9.17) is 5.73 Å². The quantitative estimate of drug-likeness (QED) is 0.874. The lowest BCUT2D eigenvalue weighted by atomic mass is 10.1. The number of hydrogen-bond acceptors (Lipinski definition) is 4. The Balaban J connectivity index is 1.86. The number of thiophene rings is 1. The van der Waals surface area contributed by atoms with Crippen LogP contribution in [0, 0.1) is 0 Å². The van der Waals surface area contributed by atoms with Crippen molar-refractivity contribution >= 4 is 21.2 Å². The maximum absolute atomic E-state index is 11.4. The molecule has 1 aliphatic carbocycles. The molecule has 0 saturated heterocycles. The summed E-state index contributed by atoms with van der Waals surface area (Å²) in [5.74, 6) is 0.498. The number of rotatable bonds is 6. The third-order valence-corrected chi connectivity index (χ3v) is 6.70. The molecule has 0 fully saturated rings. The van der Waals surface area contributed by atoms with Crippen LogP contribution in [0.5, 0.6) is 0 Å². The largest absolute Gasteiger partial charge is 0.323 e. The van der Waals surface area contributed by atoms with Crippen LogP contribution >= 0.6 is 11.3 Å². The highest BCUT2D eigenvalue weighted by Gasteiger charge is 2.18. The summed E-state index contributed by atoms with van der Waals surface area (Å²) in [5.41, 5.74) is 7.61. The van der Waals surface area contributed by atoms with Crippen molar-refractivity contribution in [2.45, 2.75) is 45.1 Å². The first-order valence-corrected chi connectivity index (χ1v) is 9.23. The fourth-order valence-corrected chi connectivity index (χ4v) is 4.53. The summed E-state index contributed by atoms with van der Waals surface area (Å²) < 4.78 is 22.8. The molecular formula is C13H21NO2S2. The maximum atomic E-state index is 11.4. The van der Waals surface area contributed by atoms with E-state index < -0.39 is 9.84 Å². The normalized spacial score (nSPS) is 16.8. The van der Waals surface area contributed by atoms with Crippen molar-refractivity contribution in [2.24, 2.45) is 5.73 Å². The van der Waals surface area contributed by atoms with Crippen LogP contribution in [0.15, 0.2) is 6.07 Å². The van der Waals surface area contributed by atoms with E-state index in [0.29, 0.717) is 6.42 Å². The monoisotopic (exact) mass is 287 g/mol. The topological polar surface area (TPSA) is 60.2 Å². The van der Waals surface area contributed by atoms with E-state index in [1.54, 1.807) is 6.92 Å². The summed E-state index contributed by atoms with van der Waals surface area (Å²) in [4.78, 5) is 2.72. The molecule has 0 bridgehead atoms. The van der Waals surface area contributed by atoms with Gasteiger partial charge in [-0.3, -0.25) is 0 Å². The van der Waals surface area contributed by atoms with E-state index in [2.05, 4.69) is 6.07 Å². The molecule has 2 N–H and O–H groups in total. The summed E-state index contributed by atoms with van der Waals surface area (Å²) >= 11 is 1.82. The molecule has 18 heavy (non-hydrogen) atoms. The van der Waals surface area contributed by atoms with Gasteiger partial charge >= 0.3 is 0 Å². The lowest BCUT2D eigenvalue weighted by Crippen LogP contribution is -2.13. The number of hydrogen-bond donors (Lipinski definition) is 1. The second kappa shape index (κ2) is 5.72. The Morgan fingerprint density at radius 1 is 1.44 bits per heavy atom. The molecule has 1 aromatic rings. The second-order valence-electron chi connectivity index (χ2n) is 4.94. The molecule has 1 aliphatic rings. The summed E-state index contributed by atoms with van der Waals surface area (Å²) in [7, 11) is -2.85. The summed E-state index contributed by atoms with van der Waals surface area (Å²) in [6, 6.07) is 2.24. The summed E-state index contributed by atoms with van der Waals surface area (Å²) in [6.07, 6.45) is 5.07. The predicted molar refractivity (Wildman–Crippen MR) is 76.8 cm³/mol. The van der Waals surface area contributed by atoms with Crippen molar-refractivity contribution in [1.29, 1.82) is 0 Å². The Morgan fingerprint density at radius 3 is 2.89 bits per heavy atom. The van der Waals surface area contributed by atoms with Crippen molar-refractivity contribution in [3.05, 3.63) is 21.4 Å². The smallest absolute Gasteiger partial charge is 0.150 e. The maximum Gasteiger partial charge on any atom is 0.150 e. The van der Waals surface area contributed by atoms with Crippen LogP contribution in [0.3, 0.4) is 0 Å². The second-order valence-corrected chi connectivity index (χ2v) is 8.58. The SMILES string of the molecule is CCS(=O)(=O)CCCC(N)c1cc2c(s1)CCC2. The van der Waals surface area contributed by atoms with Crippen LogP contribution in [0.25, 0.3) is 0 Å². The van der Waals surface area contributed by atoms with Crippen LogP contribution in [-0.4, -0.2) is 19.9 Å². The number of aryl methyl sites for hydroxylation is 2. The number of sulfone groups is 1. The fourth-order valence-electron chi connectivity index (χ4n) is 2.34. The Kier molecular flexibility index (Phi) is 4.45. The van der Waals surface area contributed by atoms with Gasteiger partial charge in [-0.05, 0) is 43.7 Å². The molecular weight excluding hydrogens is 266 g/mol. The zero-order chi connectivity index (χ0) is 13.2. The van der Waals surface area contributed by atoms with Gasteiger partial charge < -0.3 is 5.73 Å². The van der Waals surface area contributed by atoms with E-state index in [-0.39, 0.29) is 17.5 Å². The molecule has 5 heteroatoms. The zero-order valence-corrected chi connectivity index (χ0v) is 12.4. The minimum atomic E-state index is -2.85. The lowest BCUT2D eigenvalue weighted by molar-refractivity contribution is 0.585. The number of nitrogens with two attached hydrogens (primary N) is 1. The van der Waals surface area contributed by atoms with Gasteiger partial charge in [-0.15, -0.1) is 11.3 Å². The fraction of sp³-hybridized carbons (Fsp3) is 0.692. The highest BCUT2D eigenvalue weighted by molar-refractivity contribution is 7.91. The van der Waals surface area contributed by atoms with E-state index in [0.717, 1.165) is 6.42 Å².